The summed E-state index contributed by atoms with van der Waals surface area (Å²) in [5, 5.41) is 21.5. The largest absolute Gasteiger partial charge is 0.494 e. The van der Waals surface area contributed by atoms with Crippen molar-refractivity contribution in [3.8, 4) is 23.2 Å². The molecule has 6 rings (SSSR count). The molecule has 2 bridgehead atoms. The van der Waals surface area contributed by atoms with Crippen molar-refractivity contribution in [2.24, 2.45) is 11.8 Å². The van der Waals surface area contributed by atoms with E-state index >= 15 is 0 Å². The predicted molar refractivity (Wildman–Crippen MR) is 87.0 cm³/mol. The minimum Gasteiger partial charge on any atom is -0.494 e. The Bertz CT molecular complexity index is 869. The highest BCUT2D eigenvalue weighted by molar-refractivity contribution is 5.59. The van der Waals surface area contributed by atoms with E-state index in [2.05, 4.69) is 4.74 Å². The van der Waals surface area contributed by atoms with Crippen LogP contribution in [0.1, 0.15) is 42.2 Å². The van der Waals surface area contributed by atoms with Gasteiger partial charge in [-0.3, -0.25) is 4.57 Å². The molecule has 0 saturated heterocycles. The fourth-order valence-electron chi connectivity index (χ4n) is 5.09. The van der Waals surface area contributed by atoms with Gasteiger partial charge in [-0.15, -0.1) is 0 Å². The van der Waals surface area contributed by atoms with Crippen molar-refractivity contribution in [1.29, 1.82) is 0 Å². The molecular weight excluding hydrogens is 366 g/mol. The van der Waals surface area contributed by atoms with Gasteiger partial charge in [0, 0.05) is 11.1 Å². The van der Waals surface area contributed by atoms with E-state index in [0.29, 0.717) is 17.5 Å². The maximum Gasteiger partial charge on any atom is 0.461 e. The molecule has 144 valence electrons. The van der Waals surface area contributed by atoms with Crippen LogP contribution in [0, 0.1) is 11.8 Å². The lowest BCUT2D eigenvalue weighted by Gasteiger charge is -2.35. The van der Waals surface area contributed by atoms with Crippen molar-refractivity contribution in [2.75, 3.05) is 0 Å². The number of aromatic nitrogens is 1. The van der Waals surface area contributed by atoms with Crippen LogP contribution < -0.4 is 4.74 Å². The summed E-state index contributed by atoms with van der Waals surface area (Å²) < 4.78 is 55.9. The van der Waals surface area contributed by atoms with E-state index in [1.807, 2.05) is 0 Å². The van der Waals surface area contributed by atoms with Gasteiger partial charge in [-0.2, -0.15) is 17.6 Å². The van der Waals surface area contributed by atoms with Gasteiger partial charge in [-0.05, 0) is 67.2 Å². The zero-order valence-electron chi connectivity index (χ0n) is 14.1. The van der Waals surface area contributed by atoms with Gasteiger partial charge in [0.25, 0.3) is 0 Å². The van der Waals surface area contributed by atoms with Gasteiger partial charge in [-0.25, -0.2) is 0 Å². The molecule has 4 atom stereocenters. The molecule has 2 N–H and O–H groups in total. The third kappa shape index (κ3) is 2.28. The second-order valence-corrected chi connectivity index (χ2v) is 7.62. The van der Waals surface area contributed by atoms with Gasteiger partial charge >= 0.3 is 12.5 Å². The number of nitrogens with zero attached hydrogens (tertiary/aromatic N) is 1. The van der Waals surface area contributed by atoms with Crippen LogP contribution in [0.4, 0.5) is 17.6 Å². The predicted octanol–water partition coefficient (Wildman–Crippen LogP) is 4.74. The molecule has 4 nitrogen and oxygen atoms in total. The molecule has 0 unspecified atom stereocenters. The first kappa shape index (κ1) is 16.8. The fraction of sp³-hybridized carbons (Fsp3) is 0.474. The monoisotopic (exact) mass is 383 g/mol. The Labute approximate surface area is 152 Å². The molecule has 8 heteroatoms. The number of hydrogen-bond donors (Lipinski definition) is 2. The van der Waals surface area contributed by atoms with E-state index in [1.165, 1.54) is 16.7 Å². The molecule has 1 aromatic heterocycles. The molecule has 1 heterocycles. The highest BCUT2D eigenvalue weighted by Crippen LogP contribution is 2.70. The first-order chi connectivity index (χ1) is 12.8. The Kier molecular flexibility index (Phi) is 3.31. The lowest BCUT2D eigenvalue weighted by Crippen LogP contribution is -2.33. The zero-order chi connectivity index (χ0) is 19.1. The standard InChI is InChI=1S/C19H17F4NO3/c20-18(21)19(22,23)27-9-3-1-8(2-4-9)24-16(25)14-10-5-6-11(13-7-12(10)13)15(14)17(24)26/h1-4,10-13,18,25-26H,5-7H2/t10-,11+,12+,13-. The molecule has 0 aliphatic heterocycles. The van der Waals surface area contributed by atoms with Gasteiger partial charge in [0.1, 0.15) is 5.75 Å². The van der Waals surface area contributed by atoms with E-state index in [0.717, 1.165) is 42.5 Å². The molecular formula is C19H17F4NO3. The normalized spacial score (nSPS) is 28.2. The smallest absolute Gasteiger partial charge is 0.461 e. The van der Waals surface area contributed by atoms with Crippen molar-refractivity contribution in [2.45, 2.75) is 43.6 Å². The fourth-order valence-corrected chi connectivity index (χ4v) is 5.09. The highest BCUT2D eigenvalue weighted by Gasteiger charge is 2.58. The Morgan fingerprint density at radius 2 is 1.48 bits per heavy atom. The summed E-state index contributed by atoms with van der Waals surface area (Å²) in [4.78, 5) is 0. The average Bonchev–Trinajstić information content (AvgIpc) is 3.40. The topological polar surface area (TPSA) is 54.6 Å². The summed E-state index contributed by atoms with van der Waals surface area (Å²) in [6.07, 6.45) is -5.41. The van der Waals surface area contributed by atoms with Gasteiger partial charge in [0.15, 0.2) is 0 Å². The lowest BCUT2D eigenvalue weighted by molar-refractivity contribution is -0.253. The van der Waals surface area contributed by atoms with Crippen LogP contribution in [0.2, 0.25) is 0 Å². The summed E-state index contributed by atoms with van der Waals surface area (Å²) in [5.74, 6) is 1.14. The number of rotatable bonds is 4. The zero-order valence-corrected chi connectivity index (χ0v) is 14.1. The maximum absolute atomic E-state index is 13.0. The first-order valence-corrected chi connectivity index (χ1v) is 8.91. The van der Waals surface area contributed by atoms with E-state index in [4.69, 9.17) is 0 Å². The van der Waals surface area contributed by atoms with E-state index in [9.17, 15) is 27.8 Å². The molecule has 4 aliphatic carbocycles. The molecule has 2 saturated carbocycles. The number of hydrogen-bond acceptors (Lipinski definition) is 3. The third-order valence-corrected chi connectivity index (χ3v) is 6.25. The summed E-state index contributed by atoms with van der Waals surface area (Å²) >= 11 is 0. The third-order valence-electron chi connectivity index (χ3n) is 6.25. The Balaban J connectivity index is 1.50. The van der Waals surface area contributed by atoms with Gasteiger partial charge in [0.05, 0.1) is 5.69 Å². The van der Waals surface area contributed by atoms with Crippen molar-refractivity contribution < 1.29 is 32.5 Å². The average molecular weight is 383 g/mol. The molecule has 2 aromatic rings. The van der Waals surface area contributed by atoms with Crippen molar-refractivity contribution in [3.63, 3.8) is 0 Å². The molecule has 4 aliphatic rings. The highest BCUT2D eigenvalue weighted by atomic mass is 19.3. The number of alkyl halides is 4. The van der Waals surface area contributed by atoms with E-state index in [-0.39, 0.29) is 23.6 Å². The Hall–Kier alpha value is -2.38. The van der Waals surface area contributed by atoms with Gasteiger partial charge in [-0.1, -0.05) is 0 Å². The van der Waals surface area contributed by atoms with Crippen LogP contribution in [-0.4, -0.2) is 27.3 Å². The van der Waals surface area contributed by atoms with Crippen LogP contribution in [0.25, 0.3) is 5.69 Å². The number of fused-ring (bicyclic) bond motifs is 1. The quantitative estimate of drug-likeness (QED) is 0.750. The molecule has 2 fully saturated rings. The van der Waals surface area contributed by atoms with E-state index < -0.39 is 18.3 Å². The van der Waals surface area contributed by atoms with Crippen molar-refractivity contribution in [1.82, 2.24) is 4.57 Å². The second-order valence-electron chi connectivity index (χ2n) is 7.62. The molecule has 0 spiro atoms. The van der Waals surface area contributed by atoms with Crippen LogP contribution in [0.3, 0.4) is 0 Å². The van der Waals surface area contributed by atoms with Crippen molar-refractivity contribution >= 4 is 0 Å². The number of aromatic hydroxyl groups is 2. The minimum absolute atomic E-state index is 0.0332. The first-order valence-electron chi connectivity index (χ1n) is 8.91. The van der Waals surface area contributed by atoms with Crippen molar-refractivity contribution in [3.05, 3.63) is 35.4 Å². The Morgan fingerprint density at radius 1 is 0.963 bits per heavy atom. The molecule has 0 radical (unpaired) electrons. The number of benzene rings is 1. The second kappa shape index (κ2) is 5.33. The van der Waals surface area contributed by atoms with Gasteiger partial charge in [0.2, 0.25) is 11.8 Å². The minimum atomic E-state index is -4.58. The SMILES string of the molecule is Oc1c2c(c(O)n1-c1ccc(OC(F)(F)C(F)F)cc1)[C@@H]1CC[C@H]2[C@H]2C[C@H]21. The molecule has 0 amide bonds. The van der Waals surface area contributed by atoms with Crippen LogP contribution in [-0.2, 0) is 0 Å². The summed E-state index contributed by atoms with van der Waals surface area (Å²) in [6.45, 7) is 0. The summed E-state index contributed by atoms with van der Waals surface area (Å²) in [6, 6.07) is 4.89. The van der Waals surface area contributed by atoms with Crippen LogP contribution >= 0.6 is 0 Å². The maximum atomic E-state index is 13.0. The van der Waals surface area contributed by atoms with Gasteiger partial charge < -0.3 is 14.9 Å². The summed E-state index contributed by atoms with van der Waals surface area (Å²) in [5.41, 5.74) is 1.94. The van der Waals surface area contributed by atoms with E-state index in [1.54, 1.807) is 0 Å². The number of halogens is 4. The molecule has 1 aromatic carbocycles. The van der Waals surface area contributed by atoms with Crippen LogP contribution in [0.5, 0.6) is 17.5 Å². The molecule has 27 heavy (non-hydrogen) atoms. The summed E-state index contributed by atoms with van der Waals surface area (Å²) in [7, 11) is 0. The van der Waals surface area contributed by atoms with Crippen LogP contribution in [0.15, 0.2) is 24.3 Å². The lowest BCUT2D eigenvalue weighted by atomic mass is 9.68. The Morgan fingerprint density at radius 3 is 1.96 bits per heavy atom. The number of ether oxygens (including phenoxy) is 1.